The van der Waals surface area contributed by atoms with E-state index in [0.717, 1.165) is 0 Å². The fraction of sp³-hybridized carbons (Fsp3) is 0.286. The molecular weight excluding hydrogens is 609 g/mol. The number of carbonyl (C=O) groups excluding carboxylic acids is 1. The van der Waals surface area contributed by atoms with Crippen LogP contribution < -0.4 is 10.8 Å². The topological polar surface area (TPSA) is 50.4 Å². The number of hydrogen-bond acceptors (Lipinski definition) is 4. The molecule has 0 fully saturated rings. The first-order chi connectivity index (χ1) is 16.1. The van der Waals surface area contributed by atoms with Crippen molar-refractivity contribution >= 4 is 68.2 Å². The third-order valence-electron chi connectivity index (χ3n) is 5.11. The summed E-state index contributed by atoms with van der Waals surface area (Å²) < 4.78 is 83.1. The molecule has 0 saturated heterocycles. The van der Waals surface area contributed by atoms with Gasteiger partial charge in [-0.2, -0.15) is 38.1 Å². The predicted octanol–water partition coefficient (Wildman–Crippen LogP) is 7.80. The molecule has 3 rings (SSSR count). The molecule has 0 spiro atoms. The van der Waals surface area contributed by atoms with E-state index in [4.69, 9.17) is 28.0 Å². The molecule has 0 radical (unpaired) electrons. The number of nitrogens with one attached hydrogen (secondary N) is 2. The van der Waals surface area contributed by atoms with Crippen LogP contribution in [0.15, 0.2) is 40.9 Å². The van der Waals surface area contributed by atoms with E-state index < -0.39 is 39.1 Å². The van der Waals surface area contributed by atoms with Crippen LogP contribution in [0.1, 0.15) is 23.6 Å². The molecule has 0 aliphatic carbocycles. The van der Waals surface area contributed by atoms with Gasteiger partial charge in [-0.15, -0.1) is 0 Å². The Labute approximate surface area is 218 Å². The van der Waals surface area contributed by atoms with Crippen molar-refractivity contribution in [2.75, 3.05) is 11.6 Å². The number of carbonyl (C=O) groups is 1. The molecule has 2 atom stereocenters. The van der Waals surface area contributed by atoms with Gasteiger partial charge in [-0.25, -0.2) is 0 Å². The number of rotatable bonds is 5. The third kappa shape index (κ3) is 5.56. The molecule has 0 bridgehead atoms. The highest BCUT2D eigenvalue weighted by Gasteiger charge is 2.60. The molecule has 2 aromatic carbocycles. The summed E-state index contributed by atoms with van der Waals surface area (Å²) in [4.78, 5) is 17.0. The second-order valence-corrected chi connectivity index (χ2v) is 10.2. The first kappa shape index (κ1) is 28.0. The van der Waals surface area contributed by atoms with Crippen molar-refractivity contribution in [2.24, 2.45) is 0 Å². The van der Waals surface area contributed by atoms with Crippen molar-refractivity contribution in [1.29, 1.82) is 0 Å². The SMILES string of the molecule is CSC(C)C(=O)Nc1ccc(C2=CC(c3cc(Cl)c(Cl)c(C(F)(F)F)c3)(C(F)(F)F)ON2)cc1Br. The number of benzene rings is 2. The molecule has 14 heteroatoms. The van der Waals surface area contributed by atoms with Crippen LogP contribution in [0, 0.1) is 0 Å². The van der Waals surface area contributed by atoms with Gasteiger partial charge in [-0.1, -0.05) is 29.3 Å². The lowest BCUT2D eigenvalue weighted by atomic mass is 9.90. The Kier molecular flexibility index (Phi) is 8.03. The molecule has 2 unspecified atom stereocenters. The predicted molar refractivity (Wildman–Crippen MR) is 127 cm³/mol. The summed E-state index contributed by atoms with van der Waals surface area (Å²) in [6, 6.07) is 5.22. The maximum Gasteiger partial charge on any atom is 0.428 e. The van der Waals surface area contributed by atoms with Crippen molar-refractivity contribution in [3.8, 4) is 0 Å². The van der Waals surface area contributed by atoms with Gasteiger partial charge in [0.15, 0.2) is 0 Å². The standard InChI is InChI=1S/C21H15BrCl2F6N2O2S/c1-9(35-2)18(33)31-15-4-3-10(5-13(15)22)16-8-19(34-32-16,21(28,29)30)11-6-12(20(25,26)27)17(24)14(23)7-11/h3-9,32H,1-2H3,(H,31,33). The van der Waals surface area contributed by atoms with Crippen molar-refractivity contribution in [3.63, 3.8) is 0 Å². The molecule has 0 aromatic heterocycles. The van der Waals surface area contributed by atoms with E-state index in [1.54, 1.807) is 13.2 Å². The number of amides is 1. The van der Waals surface area contributed by atoms with Gasteiger partial charge in [0.05, 0.1) is 32.2 Å². The Bertz CT molecular complexity index is 1190. The molecule has 1 heterocycles. The summed E-state index contributed by atoms with van der Waals surface area (Å²) in [7, 11) is 0. The molecule has 2 N–H and O–H groups in total. The summed E-state index contributed by atoms with van der Waals surface area (Å²) in [5.41, 5.74) is -3.17. The van der Waals surface area contributed by atoms with Crippen LogP contribution in [0.5, 0.6) is 0 Å². The zero-order chi connectivity index (χ0) is 26.3. The average Bonchev–Trinajstić information content (AvgIpc) is 3.22. The Balaban J connectivity index is 2.06. The molecular formula is C21H15BrCl2F6N2O2S. The maximum absolute atomic E-state index is 14.2. The van der Waals surface area contributed by atoms with Gasteiger partial charge in [-0.3, -0.25) is 15.1 Å². The zero-order valence-corrected chi connectivity index (χ0v) is 21.6. The van der Waals surface area contributed by atoms with E-state index >= 15 is 0 Å². The van der Waals surface area contributed by atoms with E-state index in [1.807, 2.05) is 0 Å². The molecule has 1 amide bonds. The van der Waals surface area contributed by atoms with Crippen molar-refractivity contribution in [2.45, 2.75) is 30.1 Å². The number of hydrogen-bond donors (Lipinski definition) is 2. The Morgan fingerprint density at radius 2 is 1.83 bits per heavy atom. The quantitative estimate of drug-likeness (QED) is 0.334. The van der Waals surface area contributed by atoms with Crippen molar-refractivity contribution in [1.82, 2.24) is 5.48 Å². The minimum Gasteiger partial charge on any atom is -0.324 e. The number of thioether (sulfide) groups is 1. The van der Waals surface area contributed by atoms with Gasteiger partial charge in [0.2, 0.25) is 11.5 Å². The van der Waals surface area contributed by atoms with E-state index in [1.165, 1.54) is 30.0 Å². The average molecular weight is 624 g/mol. The smallest absolute Gasteiger partial charge is 0.324 e. The van der Waals surface area contributed by atoms with Gasteiger partial charge in [0.25, 0.3) is 0 Å². The minimum atomic E-state index is -5.18. The first-order valence-electron chi connectivity index (χ1n) is 9.54. The van der Waals surface area contributed by atoms with Gasteiger partial charge < -0.3 is 5.32 Å². The van der Waals surface area contributed by atoms with Gasteiger partial charge in [-0.05, 0) is 59.5 Å². The van der Waals surface area contributed by atoms with Crippen LogP contribution in [-0.2, 0) is 21.4 Å². The molecule has 1 aliphatic rings. The lowest BCUT2D eigenvalue weighted by Gasteiger charge is -2.29. The highest BCUT2D eigenvalue weighted by molar-refractivity contribution is 9.10. The fourth-order valence-corrected chi connectivity index (χ4v) is 4.31. The Morgan fingerprint density at radius 1 is 1.17 bits per heavy atom. The summed E-state index contributed by atoms with van der Waals surface area (Å²) >= 11 is 15.9. The molecule has 1 aliphatic heterocycles. The molecule has 4 nitrogen and oxygen atoms in total. The minimum absolute atomic E-state index is 0.169. The third-order valence-corrected chi connectivity index (χ3v) is 7.49. The summed E-state index contributed by atoms with van der Waals surface area (Å²) in [6.45, 7) is 1.71. The first-order valence-corrected chi connectivity index (χ1v) is 12.4. The van der Waals surface area contributed by atoms with Crippen LogP contribution in [0.4, 0.5) is 32.0 Å². The zero-order valence-electron chi connectivity index (χ0n) is 17.7. The maximum atomic E-state index is 14.2. The highest BCUT2D eigenvalue weighted by atomic mass is 79.9. The second-order valence-electron chi connectivity index (χ2n) is 7.37. The fourth-order valence-electron chi connectivity index (χ4n) is 3.12. The van der Waals surface area contributed by atoms with Crippen LogP contribution in [0.3, 0.4) is 0 Å². The lowest BCUT2D eigenvalue weighted by molar-refractivity contribution is -0.269. The number of alkyl halides is 6. The van der Waals surface area contributed by atoms with E-state index in [9.17, 15) is 31.1 Å². The van der Waals surface area contributed by atoms with Gasteiger partial charge >= 0.3 is 12.4 Å². The van der Waals surface area contributed by atoms with E-state index in [0.29, 0.717) is 22.3 Å². The van der Waals surface area contributed by atoms with E-state index in [-0.39, 0.29) is 28.5 Å². The number of halogens is 9. The van der Waals surface area contributed by atoms with Crippen LogP contribution in [0.2, 0.25) is 10.0 Å². The molecule has 2 aromatic rings. The molecule has 190 valence electrons. The summed E-state index contributed by atoms with van der Waals surface area (Å²) in [6.07, 6.45) is -7.86. The highest BCUT2D eigenvalue weighted by Crippen LogP contribution is 2.50. The van der Waals surface area contributed by atoms with Gasteiger partial charge in [0.1, 0.15) is 0 Å². The largest absolute Gasteiger partial charge is 0.428 e. The Morgan fingerprint density at radius 3 is 2.37 bits per heavy atom. The van der Waals surface area contributed by atoms with Gasteiger partial charge in [0, 0.05) is 15.6 Å². The van der Waals surface area contributed by atoms with Crippen LogP contribution >= 0.6 is 50.9 Å². The molecule has 0 saturated carbocycles. The monoisotopic (exact) mass is 622 g/mol. The van der Waals surface area contributed by atoms with E-state index in [2.05, 4.69) is 26.7 Å². The summed E-state index contributed by atoms with van der Waals surface area (Å²) in [5, 5.41) is 0.709. The van der Waals surface area contributed by atoms with Crippen molar-refractivity contribution < 1.29 is 36.0 Å². The van der Waals surface area contributed by atoms with Crippen LogP contribution in [0.25, 0.3) is 5.70 Å². The molecule has 35 heavy (non-hydrogen) atoms. The normalized spacial score (nSPS) is 19.2. The number of anilines is 1. The van der Waals surface area contributed by atoms with Crippen molar-refractivity contribution in [3.05, 3.63) is 67.6 Å². The van der Waals surface area contributed by atoms with Crippen LogP contribution in [-0.4, -0.2) is 23.6 Å². The summed E-state index contributed by atoms with van der Waals surface area (Å²) in [5.74, 6) is -0.274. The number of hydroxylamine groups is 1. The Hall–Kier alpha value is -1.60. The lowest BCUT2D eigenvalue weighted by Crippen LogP contribution is -2.42. The second kappa shape index (κ2) is 10.0.